The number of ketones is 1. The van der Waals surface area contributed by atoms with Crippen molar-refractivity contribution >= 4 is 50.5 Å². The van der Waals surface area contributed by atoms with Gasteiger partial charge in [0.25, 0.3) is 5.56 Å². The SMILES string of the molecule is CC(=O)NCc1ccc(C(=O)COC(=O)c2sc3nc(C)[nH]c(=O)c3c2C)s1. The minimum atomic E-state index is -0.666. The van der Waals surface area contributed by atoms with Crippen molar-refractivity contribution in [3.05, 3.63) is 48.5 Å². The highest BCUT2D eigenvalue weighted by Gasteiger charge is 2.21. The van der Waals surface area contributed by atoms with Gasteiger partial charge in [-0.2, -0.15) is 0 Å². The van der Waals surface area contributed by atoms with E-state index in [-0.39, 0.29) is 22.1 Å². The molecule has 0 saturated heterocycles. The fraction of sp³-hybridized carbons (Fsp3) is 0.278. The van der Waals surface area contributed by atoms with Crippen molar-refractivity contribution in [2.24, 2.45) is 0 Å². The number of nitrogens with zero attached hydrogens (tertiary/aromatic N) is 1. The fourth-order valence-electron chi connectivity index (χ4n) is 2.55. The summed E-state index contributed by atoms with van der Waals surface area (Å²) in [5.41, 5.74) is 0.177. The van der Waals surface area contributed by atoms with Gasteiger partial charge in [0.2, 0.25) is 11.7 Å². The maximum atomic E-state index is 12.4. The van der Waals surface area contributed by atoms with Crippen LogP contribution in [0.15, 0.2) is 16.9 Å². The van der Waals surface area contributed by atoms with Crippen LogP contribution in [0.25, 0.3) is 10.2 Å². The molecule has 0 bridgehead atoms. The summed E-state index contributed by atoms with van der Waals surface area (Å²) in [5, 5.41) is 3.01. The Labute approximate surface area is 167 Å². The monoisotopic (exact) mass is 419 g/mol. The number of Topliss-reactive ketones (excluding diaryl/α,β-unsaturated/α-hetero) is 1. The van der Waals surface area contributed by atoms with Gasteiger partial charge in [0.05, 0.1) is 16.8 Å². The van der Waals surface area contributed by atoms with Crippen LogP contribution in [0.1, 0.15) is 42.5 Å². The first-order valence-electron chi connectivity index (χ1n) is 8.29. The molecule has 1 amide bonds. The van der Waals surface area contributed by atoms with Gasteiger partial charge in [-0.3, -0.25) is 14.4 Å². The maximum absolute atomic E-state index is 12.4. The maximum Gasteiger partial charge on any atom is 0.349 e. The Morgan fingerprint density at radius 3 is 2.68 bits per heavy atom. The molecule has 0 aliphatic heterocycles. The smallest absolute Gasteiger partial charge is 0.349 e. The van der Waals surface area contributed by atoms with Gasteiger partial charge in [0.15, 0.2) is 6.61 Å². The van der Waals surface area contributed by atoms with E-state index in [9.17, 15) is 19.2 Å². The van der Waals surface area contributed by atoms with Gasteiger partial charge < -0.3 is 15.0 Å². The van der Waals surface area contributed by atoms with E-state index >= 15 is 0 Å². The summed E-state index contributed by atoms with van der Waals surface area (Å²) >= 11 is 2.30. The molecule has 0 radical (unpaired) electrons. The molecule has 0 aliphatic rings. The summed E-state index contributed by atoms with van der Waals surface area (Å²) in [5.74, 6) is -0.696. The predicted octanol–water partition coefficient (Wildman–Crippen LogP) is 2.34. The zero-order valence-electron chi connectivity index (χ0n) is 15.4. The van der Waals surface area contributed by atoms with Crippen LogP contribution in [0, 0.1) is 13.8 Å². The van der Waals surface area contributed by atoms with Crippen molar-refractivity contribution in [2.45, 2.75) is 27.3 Å². The lowest BCUT2D eigenvalue weighted by Gasteiger charge is -2.02. The molecule has 3 rings (SSSR count). The molecule has 0 fully saturated rings. The van der Waals surface area contributed by atoms with Gasteiger partial charge in [0.1, 0.15) is 15.5 Å². The van der Waals surface area contributed by atoms with Crippen LogP contribution in [0.3, 0.4) is 0 Å². The number of amides is 1. The molecule has 0 aliphatic carbocycles. The Morgan fingerprint density at radius 1 is 1.21 bits per heavy atom. The number of carbonyl (C=O) groups is 3. The van der Waals surface area contributed by atoms with E-state index in [1.54, 1.807) is 26.0 Å². The lowest BCUT2D eigenvalue weighted by atomic mass is 10.2. The van der Waals surface area contributed by atoms with Gasteiger partial charge >= 0.3 is 5.97 Å². The van der Waals surface area contributed by atoms with Crippen molar-refractivity contribution in [2.75, 3.05) is 6.61 Å². The molecule has 146 valence electrons. The van der Waals surface area contributed by atoms with Crippen LogP contribution in [-0.2, 0) is 16.1 Å². The van der Waals surface area contributed by atoms with Crippen LogP contribution in [-0.4, -0.2) is 34.2 Å². The first kappa shape index (κ1) is 19.9. The van der Waals surface area contributed by atoms with E-state index < -0.39 is 12.6 Å². The highest BCUT2D eigenvalue weighted by molar-refractivity contribution is 7.20. The second kappa shape index (κ2) is 8.03. The quantitative estimate of drug-likeness (QED) is 0.468. The highest BCUT2D eigenvalue weighted by Crippen LogP contribution is 2.27. The third kappa shape index (κ3) is 4.18. The topological polar surface area (TPSA) is 118 Å². The molecule has 0 unspecified atom stereocenters. The number of hydrogen-bond acceptors (Lipinski definition) is 8. The normalized spacial score (nSPS) is 10.8. The van der Waals surface area contributed by atoms with Crippen molar-refractivity contribution in [3.63, 3.8) is 0 Å². The Balaban J connectivity index is 1.69. The summed E-state index contributed by atoms with van der Waals surface area (Å²) < 4.78 is 5.15. The van der Waals surface area contributed by atoms with Crippen molar-refractivity contribution in [3.8, 4) is 0 Å². The van der Waals surface area contributed by atoms with Crippen molar-refractivity contribution in [1.29, 1.82) is 0 Å². The van der Waals surface area contributed by atoms with E-state index in [4.69, 9.17) is 4.74 Å². The molecule has 28 heavy (non-hydrogen) atoms. The van der Waals surface area contributed by atoms with Gasteiger partial charge in [-0.05, 0) is 31.5 Å². The first-order chi connectivity index (χ1) is 13.3. The highest BCUT2D eigenvalue weighted by atomic mass is 32.1. The number of fused-ring (bicyclic) bond motifs is 1. The average Bonchev–Trinajstić information content (AvgIpc) is 3.22. The summed E-state index contributed by atoms with van der Waals surface area (Å²) in [6.07, 6.45) is 0. The van der Waals surface area contributed by atoms with E-state index in [0.29, 0.717) is 33.0 Å². The molecule has 0 saturated carbocycles. The number of thiophene rings is 2. The largest absolute Gasteiger partial charge is 0.453 e. The minimum absolute atomic E-state index is 0.155. The van der Waals surface area contributed by atoms with Crippen LogP contribution in [0.4, 0.5) is 0 Å². The average molecular weight is 419 g/mol. The molecular formula is C18H17N3O5S2. The number of aryl methyl sites for hydroxylation is 2. The van der Waals surface area contributed by atoms with Gasteiger partial charge in [-0.1, -0.05) is 0 Å². The van der Waals surface area contributed by atoms with Crippen LogP contribution in [0.2, 0.25) is 0 Å². The van der Waals surface area contributed by atoms with E-state index in [2.05, 4.69) is 15.3 Å². The Kier molecular flexibility index (Phi) is 5.71. The predicted molar refractivity (Wildman–Crippen MR) is 106 cm³/mol. The second-order valence-corrected chi connectivity index (χ2v) is 8.23. The fourth-order valence-corrected chi connectivity index (χ4v) is 4.54. The first-order valence-corrected chi connectivity index (χ1v) is 9.93. The number of aromatic amines is 1. The zero-order valence-corrected chi connectivity index (χ0v) is 17.0. The molecule has 0 spiro atoms. The van der Waals surface area contributed by atoms with Crippen LogP contribution < -0.4 is 10.9 Å². The van der Waals surface area contributed by atoms with E-state index in [0.717, 1.165) is 16.2 Å². The molecule has 0 atom stereocenters. The molecule has 10 heteroatoms. The lowest BCUT2D eigenvalue weighted by Crippen LogP contribution is -2.18. The number of H-pyrrole nitrogens is 1. The van der Waals surface area contributed by atoms with Crippen LogP contribution in [0.5, 0.6) is 0 Å². The zero-order chi connectivity index (χ0) is 20.4. The second-order valence-electron chi connectivity index (χ2n) is 6.06. The van der Waals surface area contributed by atoms with Gasteiger partial charge in [-0.25, -0.2) is 9.78 Å². The standard InChI is InChI=1S/C18H17N3O5S2/c1-8-14-16(24)20-9(2)21-17(14)28-15(8)18(25)26-7-12(23)13-5-4-11(27-13)6-19-10(3)22/h4-5H,6-7H2,1-3H3,(H,19,22)(H,20,21,24). The Bertz CT molecular complexity index is 1140. The molecule has 3 heterocycles. The molecule has 8 nitrogen and oxygen atoms in total. The van der Waals surface area contributed by atoms with Crippen molar-refractivity contribution < 1.29 is 19.1 Å². The third-order valence-electron chi connectivity index (χ3n) is 3.89. The summed E-state index contributed by atoms with van der Waals surface area (Å²) in [4.78, 5) is 56.5. The third-order valence-corrected chi connectivity index (χ3v) is 6.18. The van der Waals surface area contributed by atoms with Crippen LogP contribution >= 0.6 is 22.7 Å². The van der Waals surface area contributed by atoms with Gasteiger partial charge in [0, 0.05) is 11.8 Å². The Morgan fingerprint density at radius 2 is 1.96 bits per heavy atom. The Hall–Kier alpha value is -2.85. The number of esters is 1. The number of nitrogens with one attached hydrogen (secondary N) is 2. The number of ether oxygens (including phenoxy) is 1. The molecule has 3 aromatic rings. The van der Waals surface area contributed by atoms with Gasteiger partial charge in [-0.15, -0.1) is 22.7 Å². The molecule has 2 N–H and O–H groups in total. The molecular weight excluding hydrogens is 402 g/mol. The molecule has 3 aromatic heterocycles. The summed E-state index contributed by atoms with van der Waals surface area (Å²) in [6, 6.07) is 3.38. The summed E-state index contributed by atoms with van der Waals surface area (Å²) in [7, 11) is 0. The number of carbonyl (C=O) groups excluding carboxylic acids is 3. The van der Waals surface area contributed by atoms with E-state index in [1.165, 1.54) is 18.3 Å². The minimum Gasteiger partial charge on any atom is -0.453 e. The number of rotatable bonds is 6. The van der Waals surface area contributed by atoms with E-state index in [1.807, 2.05) is 0 Å². The lowest BCUT2D eigenvalue weighted by molar-refractivity contribution is -0.119. The number of aromatic nitrogens is 2. The molecule has 0 aromatic carbocycles. The van der Waals surface area contributed by atoms with Crippen molar-refractivity contribution in [1.82, 2.24) is 15.3 Å². The summed E-state index contributed by atoms with van der Waals surface area (Å²) in [6.45, 7) is 4.66. The number of hydrogen-bond donors (Lipinski definition) is 2.